The fourth-order valence-electron chi connectivity index (χ4n) is 3.83. The molecular weight excluding hydrogens is 214 g/mol. The van der Waals surface area contributed by atoms with Crippen LogP contribution in [-0.2, 0) is 0 Å². The first-order valence-corrected chi connectivity index (χ1v) is 7.05. The molecule has 4 nitrogen and oxygen atoms in total. The van der Waals surface area contributed by atoms with Crippen LogP contribution in [0.1, 0.15) is 39.0 Å². The van der Waals surface area contributed by atoms with Crippen molar-refractivity contribution in [3.05, 3.63) is 0 Å². The van der Waals surface area contributed by atoms with Gasteiger partial charge in [-0.3, -0.25) is 0 Å². The lowest BCUT2D eigenvalue weighted by molar-refractivity contribution is 0.173. The van der Waals surface area contributed by atoms with Crippen molar-refractivity contribution < 1.29 is 4.79 Å². The second kappa shape index (κ2) is 4.48. The van der Waals surface area contributed by atoms with Crippen molar-refractivity contribution in [2.24, 2.45) is 5.92 Å². The Bertz CT molecular complexity index is 301. The molecule has 1 saturated carbocycles. The van der Waals surface area contributed by atoms with Gasteiger partial charge in [-0.05, 0) is 32.1 Å². The average molecular weight is 237 g/mol. The summed E-state index contributed by atoms with van der Waals surface area (Å²) in [5.41, 5.74) is 0. The molecule has 4 heteroatoms. The summed E-state index contributed by atoms with van der Waals surface area (Å²) in [5.74, 6) is 0.680. The molecule has 0 aromatic rings. The van der Waals surface area contributed by atoms with Gasteiger partial charge in [0.25, 0.3) is 0 Å². The van der Waals surface area contributed by atoms with Gasteiger partial charge < -0.3 is 15.5 Å². The smallest absolute Gasteiger partial charge is 0.318 e. The van der Waals surface area contributed by atoms with Gasteiger partial charge in [0.1, 0.15) is 0 Å². The molecule has 3 atom stereocenters. The lowest BCUT2D eigenvalue weighted by atomic mass is 10.0. The number of rotatable bonds is 1. The number of likely N-dealkylation sites (tertiary alicyclic amines) is 1. The Morgan fingerprint density at radius 2 is 2.06 bits per heavy atom. The van der Waals surface area contributed by atoms with E-state index < -0.39 is 0 Å². The highest BCUT2D eigenvalue weighted by Gasteiger charge is 2.44. The Morgan fingerprint density at radius 1 is 1.29 bits per heavy atom. The number of nitrogens with one attached hydrogen (secondary N) is 2. The van der Waals surface area contributed by atoms with Gasteiger partial charge in [0.2, 0.25) is 0 Å². The predicted molar refractivity (Wildman–Crippen MR) is 66.9 cm³/mol. The summed E-state index contributed by atoms with van der Waals surface area (Å²) in [6.45, 7) is 4.25. The van der Waals surface area contributed by atoms with Gasteiger partial charge in [-0.2, -0.15) is 0 Å². The standard InChI is InChI=1S/C13H23N3O/c1-9-6-10-7-14-8-12(10)16(9)13(17)15-11-4-2-3-5-11/h9-12,14H,2-8H2,1H3,(H,15,17). The first-order valence-electron chi connectivity index (χ1n) is 7.05. The first-order chi connectivity index (χ1) is 8.25. The highest BCUT2D eigenvalue weighted by Crippen LogP contribution is 2.32. The number of nitrogens with zero attached hydrogens (tertiary/aromatic N) is 1. The number of fused-ring (bicyclic) bond motifs is 1. The molecular formula is C13H23N3O. The van der Waals surface area contributed by atoms with E-state index in [0.717, 1.165) is 19.5 Å². The third-order valence-electron chi connectivity index (χ3n) is 4.70. The number of amides is 2. The molecule has 1 aliphatic carbocycles. The lowest BCUT2D eigenvalue weighted by Crippen LogP contribution is -2.50. The number of carbonyl (C=O) groups is 1. The van der Waals surface area contributed by atoms with E-state index in [2.05, 4.69) is 22.5 Å². The fraction of sp³-hybridized carbons (Fsp3) is 0.923. The summed E-state index contributed by atoms with van der Waals surface area (Å²) in [6, 6.07) is 1.46. The normalized spacial score (nSPS) is 37.5. The van der Waals surface area contributed by atoms with Crippen molar-refractivity contribution in [1.29, 1.82) is 0 Å². The SMILES string of the molecule is CC1CC2CNCC2N1C(=O)NC1CCCC1. The minimum atomic E-state index is 0.181. The van der Waals surface area contributed by atoms with Gasteiger partial charge in [0.05, 0.1) is 6.04 Å². The van der Waals surface area contributed by atoms with Gasteiger partial charge >= 0.3 is 6.03 Å². The second-order valence-electron chi connectivity index (χ2n) is 5.91. The third-order valence-corrected chi connectivity index (χ3v) is 4.70. The molecule has 0 bridgehead atoms. The highest BCUT2D eigenvalue weighted by atomic mass is 16.2. The minimum Gasteiger partial charge on any atom is -0.335 e. The van der Waals surface area contributed by atoms with Crippen molar-refractivity contribution >= 4 is 6.03 Å². The fourth-order valence-corrected chi connectivity index (χ4v) is 3.83. The topological polar surface area (TPSA) is 44.4 Å². The maximum atomic E-state index is 12.3. The van der Waals surface area contributed by atoms with Crippen molar-refractivity contribution in [2.45, 2.75) is 57.2 Å². The molecule has 0 aromatic carbocycles. The van der Waals surface area contributed by atoms with Gasteiger partial charge in [-0.25, -0.2) is 4.79 Å². The van der Waals surface area contributed by atoms with Crippen molar-refractivity contribution in [3.63, 3.8) is 0 Å². The molecule has 3 aliphatic rings. The highest BCUT2D eigenvalue weighted by molar-refractivity contribution is 5.75. The minimum absolute atomic E-state index is 0.181. The molecule has 2 saturated heterocycles. The monoisotopic (exact) mass is 237 g/mol. The Labute approximate surface area is 103 Å². The zero-order valence-electron chi connectivity index (χ0n) is 10.6. The summed E-state index contributed by atoms with van der Waals surface area (Å²) in [5, 5.41) is 6.62. The Balaban J connectivity index is 1.63. The van der Waals surface area contributed by atoms with Crippen LogP contribution in [0.15, 0.2) is 0 Å². The molecule has 96 valence electrons. The van der Waals surface area contributed by atoms with E-state index in [9.17, 15) is 4.79 Å². The summed E-state index contributed by atoms with van der Waals surface area (Å²) in [4.78, 5) is 14.4. The Hall–Kier alpha value is -0.770. The molecule has 2 amide bonds. The summed E-state index contributed by atoms with van der Waals surface area (Å²) < 4.78 is 0. The van der Waals surface area contributed by atoms with Crippen LogP contribution >= 0.6 is 0 Å². The Kier molecular flexibility index (Phi) is 2.99. The van der Waals surface area contributed by atoms with Gasteiger partial charge in [-0.1, -0.05) is 12.8 Å². The quantitative estimate of drug-likeness (QED) is 0.722. The van der Waals surface area contributed by atoms with Crippen LogP contribution in [0.3, 0.4) is 0 Å². The summed E-state index contributed by atoms with van der Waals surface area (Å²) in [7, 11) is 0. The van der Waals surface area contributed by atoms with Crippen LogP contribution in [0.4, 0.5) is 4.79 Å². The van der Waals surface area contributed by atoms with Crippen LogP contribution in [0.25, 0.3) is 0 Å². The van der Waals surface area contributed by atoms with Crippen LogP contribution in [0.2, 0.25) is 0 Å². The van der Waals surface area contributed by atoms with Crippen LogP contribution < -0.4 is 10.6 Å². The molecule has 0 aromatic heterocycles. The summed E-state index contributed by atoms with van der Waals surface area (Å²) >= 11 is 0. The van der Waals surface area contributed by atoms with Crippen molar-refractivity contribution in [2.75, 3.05) is 13.1 Å². The molecule has 3 unspecified atom stereocenters. The van der Waals surface area contributed by atoms with E-state index in [-0.39, 0.29) is 6.03 Å². The number of carbonyl (C=O) groups excluding carboxylic acids is 1. The van der Waals surface area contributed by atoms with Crippen molar-refractivity contribution in [3.8, 4) is 0 Å². The maximum Gasteiger partial charge on any atom is 0.318 e. The van der Waals surface area contributed by atoms with Gasteiger partial charge in [0.15, 0.2) is 0 Å². The number of hydrogen-bond donors (Lipinski definition) is 2. The number of urea groups is 1. The van der Waals surface area contributed by atoms with Crippen molar-refractivity contribution in [1.82, 2.24) is 15.5 Å². The first kappa shape index (κ1) is 11.3. The van der Waals surface area contributed by atoms with Crippen LogP contribution in [-0.4, -0.2) is 42.1 Å². The maximum absolute atomic E-state index is 12.3. The molecule has 0 radical (unpaired) electrons. The van der Waals surface area contributed by atoms with E-state index in [4.69, 9.17) is 0 Å². The average Bonchev–Trinajstić information content (AvgIpc) is 2.93. The van der Waals surface area contributed by atoms with E-state index in [1.165, 1.54) is 25.7 Å². The third kappa shape index (κ3) is 2.03. The molecule has 3 fully saturated rings. The van der Waals surface area contributed by atoms with Gasteiger partial charge in [-0.15, -0.1) is 0 Å². The van der Waals surface area contributed by atoms with Crippen LogP contribution in [0.5, 0.6) is 0 Å². The molecule has 17 heavy (non-hydrogen) atoms. The van der Waals surface area contributed by atoms with E-state index in [1.807, 2.05) is 0 Å². The molecule has 2 N–H and O–H groups in total. The molecule has 2 aliphatic heterocycles. The predicted octanol–water partition coefficient (Wildman–Crippen LogP) is 1.32. The zero-order chi connectivity index (χ0) is 11.8. The number of hydrogen-bond acceptors (Lipinski definition) is 2. The second-order valence-corrected chi connectivity index (χ2v) is 5.91. The summed E-state index contributed by atoms with van der Waals surface area (Å²) in [6.07, 6.45) is 6.04. The zero-order valence-corrected chi connectivity index (χ0v) is 10.6. The van der Waals surface area contributed by atoms with E-state index >= 15 is 0 Å². The largest absolute Gasteiger partial charge is 0.335 e. The molecule has 3 rings (SSSR count). The molecule has 0 spiro atoms. The van der Waals surface area contributed by atoms with Gasteiger partial charge in [0, 0.05) is 25.2 Å². The Morgan fingerprint density at radius 3 is 2.82 bits per heavy atom. The van der Waals surface area contributed by atoms with E-state index in [0.29, 0.717) is 24.0 Å². The van der Waals surface area contributed by atoms with Crippen LogP contribution in [0, 0.1) is 5.92 Å². The lowest BCUT2D eigenvalue weighted by Gasteiger charge is -2.29. The molecule has 2 heterocycles. The van der Waals surface area contributed by atoms with E-state index in [1.54, 1.807) is 0 Å².